The van der Waals surface area contributed by atoms with Crippen LogP contribution in [0.4, 0.5) is 8.78 Å². The fraction of sp³-hybridized carbons (Fsp3) is 0.136. The van der Waals surface area contributed by atoms with E-state index < -0.39 is 17.5 Å². The van der Waals surface area contributed by atoms with Crippen LogP contribution in [0.1, 0.15) is 22.3 Å². The number of hydrogen-bond acceptors (Lipinski definition) is 4. The molecule has 1 aromatic carbocycles. The number of benzene rings is 1. The Balaban J connectivity index is 0.000000158. The number of fused-ring (bicyclic) bond motifs is 2. The van der Waals surface area contributed by atoms with Gasteiger partial charge in [0.15, 0.2) is 11.6 Å². The molecule has 0 unspecified atom stereocenters. The van der Waals surface area contributed by atoms with Crippen LogP contribution in [0.3, 0.4) is 0 Å². The fourth-order valence-electron chi connectivity index (χ4n) is 3.26. The quantitative estimate of drug-likeness (QED) is 0.524. The van der Waals surface area contributed by atoms with Crippen LogP contribution in [0.5, 0.6) is 5.75 Å². The monoisotopic (exact) mass is 408 g/mol. The molecule has 3 N–H and O–H groups in total. The summed E-state index contributed by atoms with van der Waals surface area (Å²) in [7, 11) is 0. The van der Waals surface area contributed by atoms with Crippen LogP contribution in [0.2, 0.25) is 0 Å². The fourth-order valence-corrected chi connectivity index (χ4v) is 3.26. The Morgan fingerprint density at radius 1 is 1.10 bits per heavy atom. The molecule has 152 valence electrons. The maximum atomic E-state index is 13.0. The number of nitrogens with zero attached hydrogens (tertiary/aromatic N) is 2. The maximum absolute atomic E-state index is 13.0. The van der Waals surface area contributed by atoms with Crippen molar-refractivity contribution in [2.24, 2.45) is 5.73 Å². The molecule has 0 bridgehead atoms. The van der Waals surface area contributed by atoms with Crippen molar-refractivity contribution in [3.8, 4) is 17.0 Å². The highest BCUT2D eigenvalue weighted by molar-refractivity contribution is 5.94. The first-order valence-corrected chi connectivity index (χ1v) is 9.32. The van der Waals surface area contributed by atoms with Crippen LogP contribution in [-0.2, 0) is 6.42 Å². The van der Waals surface area contributed by atoms with E-state index in [9.17, 15) is 13.6 Å². The van der Waals surface area contributed by atoms with E-state index in [1.165, 1.54) is 12.3 Å². The Bertz CT molecular complexity index is 1210. The number of carbonyl (C=O) groups excluding carboxylic acids is 1. The number of amides is 1. The van der Waals surface area contributed by atoms with Crippen molar-refractivity contribution in [2.45, 2.75) is 12.8 Å². The van der Waals surface area contributed by atoms with Gasteiger partial charge in [-0.15, -0.1) is 0 Å². The molecule has 4 aromatic rings. The zero-order valence-corrected chi connectivity index (χ0v) is 15.9. The van der Waals surface area contributed by atoms with E-state index in [-0.39, 0.29) is 0 Å². The van der Waals surface area contributed by atoms with Crippen LogP contribution in [0.25, 0.3) is 22.3 Å². The largest absolute Gasteiger partial charge is 0.493 e. The van der Waals surface area contributed by atoms with Crippen LogP contribution < -0.4 is 10.5 Å². The summed E-state index contributed by atoms with van der Waals surface area (Å²) in [6.45, 7) is 0.595. The van der Waals surface area contributed by atoms with Gasteiger partial charge < -0.3 is 15.5 Å². The maximum Gasteiger partial charge on any atom is 0.250 e. The first-order valence-electron chi connectivity index (χ1n) is 9.32. The smallest absolute Gasteiger partial charge is 0.250 e. The number of carbonyl (C=O) groups is 1. The van der Waals surface area contributed by atoms with E-state index in [1.807, 2.05) is 18.3 Å². The Hall–Kier alpha value is -3.81. The normalized spacial score (nSPS) is 12.5. The van der Waals surface area contributed by atoms with Gasteiger partial charge in [-0.25, -0.2) is 13.8 Å². The molecule has 6 nitrogen and oxygen atoms in total. The second-order valence-electron chi connectivity index (χ2n) is 6.68. The third-order valence-electron chi connectivity index (χ3n) is 4.77. The van der Waals surface area contributed by atoms with E-state index in [1.54, 1.807) is 18.3 Å². The van der Waals surface area contributed by atoms with Gasteiger partial charge in [0.1, 0.15) is 11.4 Å². The van der Waals surface area contributed by atoms with Gasteiger partial charge in [0, 0.05) is 35.1 Å². The van der Waals surface area contributed by atoms with E-state index in [4.69, 9.17) is 10.5 Å². The molecule has 5 rings (SSSR count). The number of pyridine rings is 2. The molecule has 4 heterocycles. The lowest BCUT2D eigenvalue weighted by Gasteiger charge is -2.17. The van der Waals surface area contributed by atoms with Crippen molar-refractivity contribution in [3.05, 3.63) is 77.8 Å². The SMILES string of the molecule is Fc1ccc2c(c1F)CCCO2.NC(=O)c1ccc(-c2ccnc3[nH]ccc23)nc1. The highest BCUT2D eigenvalue weighted by Gasteiger charge is 2.17. The molecule has 3 aromatic heterocycles. The van der Waals surface area contributed by atoms with Crippen molar-refractivity contribution in [1.29, 1.82) is 0 Å². The van der Waals surface area contributed by atoms with E-state index in [2.05, 4.69) is 15.0 Å². The second-order valence-corrected chi connectivity index (χ2v) is 6.68. The highest BCUT2D eigenvalue weighted by Crippen LogP contribution is 2.28. The van der Waals surface area contributed by atoms with Crippen LogP contribution in [0, 0.1) is 11.6 Å². The number of rotatable bonds is 2. The zero-order valence-electron chi connectivity index (χ0n) is 15.9. The minimum atomic E-state index is -0.792. The third kappa shape index (κ3) is 3.84. The summed E-state index contributed by atoms with van der Waals surface area (Å²) in [5.41, 5.74) is 8.53. The van der Waals surface area contributed by atoms with Crippen LogP contribution >= 0.6 is 0 Å². The predicted octanol–water partition coefficient (Wildman–Crippen LogP) is 4.01. The molecular formula is C22H18F2N4O2. The van der Waals surface area contributed by atoms with E-state index in [0.717, 1.165) is 34.8 Å². The first kappa shape index (κ1) is 19.5. The number of nitrogens with two attached hydrogens (primary N) is 1. The topological polar surface area (TPSA) is 93.9 Å². The van der Waals surface area contributed by atoms with Crippen molar-refractivity contribution in [2.75, 3.05) is 6.61 Å². The highest BCUT2D eigenvalue weighted by atomic mass is 19.2. The van der Waals surface area contributed by atoms with E-state index in [0.29, 0.717) is 29.9 Å². The molecule has 1 aliphatic rings. The lowest BCUT2D eigenvalue weighted by atomic mass is 10.1. The number of H-pyrrole nitrogens is 1. The predicted molar refractivity (Wildman–Crippen MR) is 108 cm³/mol. The van der Waals surface area contributed by atoms with Crippen molar-refractivity contribution in [3.63, 3.8) is 0 Å². The second kappa shape index (κ2) is 8.28. The van der Waals surface area contributed by atoms with Gasteiger partial charge in [-0.2, -0.15) is 0 Å². The lowest BCUT2D eigenvalue weighted by molar-refractivity contribution is 0.1000. The summed E-state index contributed by atoms with van der Waals surface area (Å²) in [5.74, 6) is -1.54. The van der Waals surface area contributed by atoms with Gasteiger partial charge >= 0.3 is 0 Å². The first-order chi connectivity index (χ1) is 14.5. The summed E-state index contributed by atoms with van der Waals surface area (Å²) in [5, 5.41) is 0.997. The Labute approximate surface area is 170 Å². The Morgan fingerprint density at radius 3 is 2.73 bits per heavy atom. The van der Waals surface area contributed by atoms with Crippen molar-refractivity contribution in [1.82, 2.24) is 15.0 Å². The van der Waals surface area contributed by atoms with Gasteiger partial charge in [0.05, 0.1) is 17.9 Å². The van der Waals surface area contributed by atoms with Crippen molar-refractivity contribution < 1.29 is 18.3 Å². The molecule has 0 atom stereocenters. The molecule has 0 radical (unpaired) electrons. The standard InChI is InChI=1S/C13H10N4O.C9H8F2O/c14-12(18)8-1-2-11(17-7-8)9-3-5-15-13-10(9)4-6-16-13;10-7-3-4-8-6(9(7)11)2-1-5-12-8/h1-7H,(H2,14,18)(H,15,16);3-4H,1-2,5H2. The Morgan fingerprint density at radius 2 is 1.97 bits per heavy atom. The molecule has 0 fully saturated rings. The number of nitrogens with one attached hydrogen (secondary N) is 1. The minimum Gasteiger partial charge on any atom is -0.493 e. The van der Waals surface area contributed by atoms with Gasteiger partial charge in [0.25, 0.3) is 0 Å². The molecule has 1 amide bonds. The molecule has 1 aliphatic heterocycles. The van der Waals surface area contributed by atoms with Crippen LogP contribution in [0.15, 0.2) is 55.0 Å². The molecule has 0 spiro atoms. The lowest BCUT2D eigenvalue weighted by Crippen LogP contribution is -2.10. The van der Waals surface area contributed by atoms with Gasteiger partial charge in [-0.05, 0) is 49.2 Å². The summed E-state index contributed by atoms with van der Waals surface area (Å²) in [6.07, 6.45) is 6.36. The average Bonchev–Trinajstić information content (AvgIpc) is 3.26. The molecule has 30 heavy (non-hydrogen) atoms. The molecule has 8 heteroatoms. The molecule has 0 saturated heterocycles. The average molecular weight is 408 g/mol. The number of hydrogen-bond donors (Lipinski definition) is 2. The van der Waals surface area contributed by atoms with Gasteiger partial charge in [-0.3, -0.25) is 9.78 Å². The summed E-state index contributed by atoms with van der Waals surface area (Å²) >= 11 is 0. The number of primary amides is 1. The number of aromatic amines is 1. The Kier molecular flexibility index (Phi) is 5.38. The minimum absolute atomic E-state index is 0.376. The summed E-state index contributed by atoms with van der Waals surface area (Å²) in [6, 6.07) is 9.86. The number of aromatic nitrogens is 3. The summed E-state index contributed by atoms with van der Waals surface area (Å²) < 4.78 is 30.9. The molecular weight excluding hydrogens is 390 g/mol. The summed E-state index contributed by atoms with van der Waals surface area (Å²) in [4.78, 5) is 22.5. The molecule has 0 aliphatic carbocycles. The molecule has 0 saturated carbocycles. The number of ether oxygens (including phenoxy) is 1. The van der Waals surface area contributed by atoms with Crippen molar-refractivity contribution >= 4 is 16.9 Å². The van der Waals surface area contributed by atoms with E-state index >= 15 is 0 Å². The number of halogens is 2. The zero-order chi connectivity index (χ0) is 21.1. The van der Waals surface area contributed by atoms with Gasteiger partial charge in [0.2, 0.25) is 5.91 Å². The third-order valence-corrected chi connectivity index (χ3v) is 4.77. The van der Waals surface area contributed by atoms with Crippen LogP contribution in [-0.4, -0.2) is 27.5 Å². The van der Waals surface area contributed by atoms with Gasteiger partial charge in [-0.1, -0.05) is 0 Å².